The SMILES string of the molecule is CC1(C)c2cc(N(c3ccc(C4CCCCC4)cc3)c3ccc([Si](c4ccccc4)(c4ccccc4)c4ccccc4)cc3)ccc2-c2c(-c3ccc(-c4ccccc4)cc3)cccc21. The van der Waals surface area contributed by atoms with Crippen molar-refractivity contribution in [1.29, 1.82) is 0 Å². The average Bonchev–Trinajstić information content (AvgIpc) is 3.61. The quantitative estimate of drug-likeness (QED) is 0.0979. The van der Waals surface area contributed by atoms with Crippen LogP contribution in [0.2, 0.25) is 0 Å². The smallest absolute Gasteiger partial charge is 0.179 e. The van der Waals surface area contributed by atoms with Crippen LogP contribution in [-0.2, 0) is 5.41 Å². The van der Waals surface area contributed by atoms with Gasteiger partial charge in [0.25, 0.3) is 0 Å². The van der Waals surface area contributed by atoms with Crippen molar-refractivity contribution in [1.82, 2.24) is 0 Å². The fourth-order valence-corrected chi connectivity index (χ4v) is 16.1. The first kappa shape index (κ1) is 40.8. The van der Waals surface area contributed by atoms with Gasteiger partial charge in [-0.05, 0) is 126 Å². The number of fused-ring (bicyclic) bond motifs is 3. The Kier molecular flexibility index (Phi) is 10.8. The first-order valence-electron chi connectivity index (χ1n) is 23.6. The average molecular weight is 854 g/mol. The predicted octanol–water partition coefficient (Wildman–Crippen LogP) is 14.2. The van der Waals surface area contributed by atoms with Crippen LogP contribution in [0.4, 0.5) is 17.1 Å². The van der Waals surface area contributed by atoms with Gasteiger partial charge >= 0.3 is 0 Å². The highest BCUT2D eigenvalue weighted by molar-refractivity contribution is 7.19. The summed E-state index contributed by atoms with van der Waals surface area (Å²) in [5, 5.41) is 5.51. The molecule has 0 amide bonds. The van der Waals surface area contributed by atoms with Crippen LogP contribution in [0.1, 0.15) is 68.6 Å². The van der Waals surface area contributed by atoms with Crippen molar-refractivity contribution in [2.45, 2.75) is 57.3 Å². The molecule has 2 aliphatic rings. The Morgan fingerprint density at radius 3 is 1.43 bits per heavy atom. The molecular weight excluding hydrogens is 799 g/mol. The van der Waals surface area contributed by atoms with Crippen LogP contribution in [0.15, 0.2) is 231 Å². The van der Waals surface area contributed by atoms with E-state index in [1.165, 1.54) is 114 Å². The molecule has 0 heterocycles. The molecule has 316 valence electrons. The van der Waals surface area contributed by atoms with Crippen molar-refractivity contribution < 1.29 is 0 Å². The lowest BCUT2D eigenvalue weighted by Gasteiger charge is -2.35. The largest absolute Gasteiger partial charge is 0.310 e. The minimum Gasteiger partial charge on any atom is -0.310 e. The van der Waals surface area contributed by atoms with E-state index < -0.39 is 8.07 Å². The molecule has 11 rings (SSSR count). The summed E-state index contributed by atoms with van der Waals surface area (Å²) in [5.74, 6) is 0.653. The Morgan fingerprint density at radius 2 is 0.862 bits per heavy atom. The molecule has 1 saturated carbocycles. The van der Waals surface area contributed by atoms with E-state index in [2.05, 4.69) is 249 Å². The van der Waals surface area contributed by atoms with Crippen LogP contribution in [0.5, 0.6) is 0 Å². The Bertz CT molecular complexity index is 2950. The van der Waals surface area contributed by atoms with Crippen molar-refractivity contribution in [3.63, 3.8) is 0 Å². The number of rotatable bonds is 10. The van der Waals surface area contributed by atoms with Crippen LogP contribution in [0, 0.1) is 0 Å². The first-order valence-corrected chi connectivity index (χ1v) is 25.6. The number of benzene rings is 9. The third-order valence-corrected chi connectivity index (χ3v) is 19.4. The van der Waals surface area contributed by atoms with Crippen molar-refractivity contribution >= 4 is 45.9 Å². The van der Waals surface area contributed by atoms with Crippen LogP contribution in [0.25, 0.3) is 33.4 Å². The summed E-state index contributed by atoms with van der Waals surface area (Å²) in [6.45, 7) is 4.81. The highest BCUT2D eigenvalue weighted by Gasteiger charge is 2.42. The molecule has 0 spiro atoms. The van der Waals surface area contributed by atoms with Gasteiger partial charge < -0.3 is 4.90 Å². The van der Waals surface area contributed by atoms with E-state index in [-0.39, 0.29) is 5.41 Å². The van der Waals surface area contributed by atoms with Gasteiger partial charge in [-0.1, -0.05) is 227 Å². The maximum Gasteiger partial charge on any atom is 0.179 e. The Morgan fingerprint density at radius 1 is 0.385 bits per heavy atom. The molecule has 0 bridgehead atoms. The molecule has 9 aromatic carbocycles. The standard InChI is InChI=1S/C63H55NSi/c1-63(2)60-30-18-29-58(50-33-31-48(32-34-50)46-19-8-3-9-20-46)62(60)59-44-41-53(45-61(59)63)64(51-37-35-49(36-38-51)47-21-10-4-11-22-47)52-39-42-57(43-40-52)65(54-23-12-5-13-24-54,55-25-14-6-15-26-55)56-27-16-7-17-28-56/h3,5-9,12-20,23-45,47H,4,10-11,21-22H2,1-2H3. The van der Waals surface area contributed by atoms with E-state index in [0.29, 0.717) is 5.92 Å². The van der Waals surface area contributed by atoms with E-state index in [1.54, 1.807) is 0 Å². The minimum atomic E-state index is -2.68. The molecule has 0 atom stereocenters. The van der Waals surface area contributed by atoms with Crippen LogP contribution in [-0.4, -0.2) is 8.07 Å². The zero-order chi connectivity index (χ0) is 43.8. The molecule has 0 aliphatic heterocycles. The van der Waals surface area contributed by atoms with Crippen molar-refractivity contribution in [3.8, 4) is 33.4 Å². The van der Waals surface area contributed by atoms with Crippen molar-refractivity contribution in [2.24, 2.45) is 0 Å². The topological polar surface area (TPSA) is 3.24 Å². The fraction of sp³-hybridized carbons (Fsp3) is 0.143. The van der Waals surface area contributed by atoms with Crippen molar-refractivity contribution in [3.05, 3.63) is 247 Å². The second-order valence-corrected chi connectivity index (χ2v) is 22.5. The molecule has 65 heavy (non-hydrogen) atoms. The molecule has 1 fully saturated rings. The van der Waals surface area contributed by atoms with Crippen molar-refractivity contribution in [2.75, 3.05) is 4.90 Å². The Labute approximate surface area is 386 Å². The minimum absolute atomic E-state index is 0.187. The molecule has 1 nitrogen and oxygen atoms in total. The van der Waals surface area contributed by atoms with Gasteiger partial charge in [0.05, 0.1) is 0 Å². The highest BCUT2D eigenvalue weighted by Crippen LogP contribution is 2.53. The third kappa shape index (κ3) is 7.27. The first-order chi connectivity index (χ1) is 32.0. The monoisotopic (exact) mass is 853 g/mol. The highest BCUT2D eigenvalue weighted by atomic mass is 28.3. The fourth-order valence-electron chi connectivity index (χ4n) is 11.3. The van der Waals surface area contributed by atoms with Crippen LogP contribution >= 0.6 is 0 Å². The van der Waals surface area contributed by atoms with Gasteiger partial charge in [0, 0.05) is 22.5 Å². The molecule has 0 saturated heterocycles. The van der Waals surface area contributed by atoms with E-state index >= 15 is 0 Å². The second-order valence-electron chi connectivity index (χ2n) is 18.7. The van der Waals surface area contributed by atoms with Gasteiger partial charge in [0.15, 0.2) is 8.07 Å². The number of nitrogens with zero attached hydrogens (tertiary/aromatic N) is 1. The van der Waals surface area contributed by atoms with Gasteiger partial charge in [0.1, 0.15) is 0 Å². The molecule has 9 aromatic rings. The summed E-state index contributed by atoms with van der Waals surface area (Å²) in [7, 11) is -2.68. The zero-order valence-corrected chi connectivity index (χ0v) is 38.5. The number of anilines is 3. The third-order valence-electron chi connectivity index (χ3n) is 14.7. The zero-order valence-electron chi connectivity index (χ0n) is 37.5. The Hall–Kier alpha value is -7.00. The van der Waals surface area contributed by atoms with E-state index in [0.717, 1.165) is 5.69 Å². The molecule has 0 radical (unpaired) electrons. The second kappa shape index (κ2) is 17.2. The summed E-state index contributed by atoms with van der Waals surface area (Å²) >= 11 is 0. The summed E-state index contributed by atoms with van der Waals surface area (Å²) < 4.78 is 0. The summed E-state index contributed by atoms with van der Waals surface area (Å²) in [5.41, 5.74) is 15.2. The van der Waals surface area contributed by atoms with Gasteiger partial charge in [-0.15, -0.1) is 0 Å². The van der Waals surface area contributed by atoms with E-state index in [9.17, 15) is 0 Å². The maximum atomic E-state index is 2.49. The molecule has 2 aliphatic carbocycles. The van der Waals surface area contributed by atoms with Gasteiger partial charge in [-0.25, -0.2) is 0 Å². The van der Waals surface area contributed by atoms with Gasteiger partial charge in [-0.3, -0.25) is 0 Å². The summed E-state index contributed by atoms with van der Waals surface area (Å²) in [6.07, 6.45) is 6.61. The number of hydrogen-bond donors (Lipinski definition) is 0. The maximum absolute atomic E-state index is 2.68. The van der Waals surface area contributed by atoms with Gasteiger partial charge in [-0.2, -0.15) is 0 Å². The molecule has 0 N–H and O–H groups in total. The molecule has 2 heteroatoms. The molecular formula is C63H55NSi. The molecule has 0 unspecified atom stereocenters. The lowest BCUT2D eigenvalue weighted by molar-refractivity contribution is 0.443. The predicted molar refractivity (Wildman–Crippen MR) is 279 cm³/mol. The normalized spacial score (nSPS) is 14.4. The van der Waals surface area contributed by atoms with Crippen LogP contribution < -0.4 is 25.6 Å². The molecule has 0 aromatic heterocycles. The van der Waals surface area contributed by atoms with E-state index in [1.807, 2.05) is 0 Å². The number of hydrogen-bond acceptors (Lipinski definition) is 1. The Balaban J connectivity index is 1.04. The van der Waals surface area contributed by atoms with E-state index in [4.69, 9.17) is 0 Å². The summed E-state index contributed by atoms with van der Waals surface area (Å²) in [4.78, 5) is 2.49. The lowest BCUT2D eigenvalue weighted by Crippen LogP contribution is -2.74. The van der Waals surface area contributed by atoms with Crippen LogP contribution in [0.3, 0.4) is 0 Å². The lowest BCUT2D eigenvalue weighted by atomic mass is 9.81. The van der Waals surface area contributed by atoms with Gasteiger partial charge in [0.2, 0.25) is 0 Å². The summed E-state index contributed by atoms with van der Waals surface area (Å²) in [6, 6.07) is 86.8.